The van der Waals surface area contributed by atoms with E-state index >= 15 is 0 Å². The summed E-state index contributed by atoms with van der Waals surface area (Å²) in [6, 6.07) is 2.96. The molecular weight excluding hydrogens is 249 g/mol. The molecule has 19 heavy (non-hydrogen) atoms. The number of anilines is 1. The minimum Gasteiger partial charge on any atom is -0.374 e. The zero-order chi connectivity index (χ0) is 13.2. The van der Waals surface area contributed by atoms with Crippen molar-refractivity contribution < 1.29 is 9.13 Å². The Hall–Kier alpha value is -1.73. The summed E-state index contributed by atoms with van der Waals surface area (Å²) < 4.78 is 20.1. The van der Waals surface area contributed by atoms with E-state index in [2.05, 4.69) is 27.3 Å². The SMILES string of the molecule is CN1CCOC(CNc2nc3ccc(F)cn3n2)C1. The third kappa shape index (κ3) is 2.82. The Labute approximate surface area is 110 Å². The van der Waals surface area contributed by atoms with Gasteiger partial charge in [-0.05, 0) is 19.2 Å². The second-order valence-corrected chi connectivity index (χ2v) is 4.72. The Balaban J connectivity index is 1.65. The van der Waals surface area contributed by atoms with Gasteiger partial charge in [0.2, 0.25) is 5.95 Å². The molecule has 0 radical (unpaired) electrons. The molecule has 2 aromatic heterocycles. The molecule has 1 saturated heterocycles. The number of fused-ring (bicyclic) bond motifs is 1. The molecule has 2 aromatic rings. The zero-order valence-corrected chi connectivity index (χ0v) is 10.7. The van der Waals surface area contributed by atoms with Crippen LogP contribution in [0.3, 0.4) is 0 Å². The summed E-state index contributed by atoms with van der Waals surface area (Å²) in [4.78, 5) is 6.49. The number of likely N-dealkylation sites (N-methyl/N-ethyl adjacent to an activating group) is 1. The van der Waals surface area contributed by atoms with Crippen molar-refractivity contribution in [3.8, 4) is 0 Å². The molecule has 6 nitrogen and oxygen atoms in total. The molecule has 0 aromatic carbocycles. The van der Waals surface area contributed by atoms with Crippen LogP contribution in [0.15, 0.2) is 18.3 Å². The first kappa shape index (κ1) is 12.3. The quantitative estimate of drug-likeness (QED) is 0.881. The molecule has 0 bridgehead atoms. The van der Waals surface area contributed by atoms with E-state index in [0.29, 0.717) is 18.1 Å². The van der Waals surface area contributed by atoms with Gasteiger partial charge in [0.15, 0.2) is 5.65 Å². The monoisotopic (exact) mass is 265 g/mol. The Morgan fingerprint density at radius 1 is 1.53 bits per heavy atom. The summed E-state index contributed by atoms with van der Waals surface area (Å²) in [5, 5.41) is 7.29. The van der Waals surface area contributed by atoms with Gasteiger partial charge < -0.3 is 15.0 Å². The lowest BCUT2D eigenvalue weighted by Crippen LogP contribution is -2.43. The molecule has 7 heteroatoms. The van der Waals surface area contributed by atoms with Gasteiger partial charge in [-0.3, -0.25) is 0 Å². The predicted molar refractivity (Wildman–Crippen MR) is 68.7 cm³/mol. The molecule has 1 atom stereocenters. The van der Waals surface area contributed by atoms with Crippen LogP contribution >= 0.6 is 0 Å². The maximum Gasteiger partial charge on any atom is 0.243 e. The first-order chi connectivity index (χ1) is 9.20. The number of pyridine rings is 1. The Kier molecular flexibility index (Phi) is 3.31. The summed E-state index contributed by atoms with van der Waals surface area (Å²) in [6.45, 7) is 3.23. The average molecular weight is 265 g/mol. The highest BCUT2D eigenvalue weighted by Crippen LogP contribution is 2.08. The molecule has 0 spiro atoms. The number of morpholine rings is 1. The van der Waals surface area contributed by atoms with Crippen molar-refractivity contribution in [2.75, 3.05) is 38.6 Å². The zero-order valence-electron chi connectivity index (χ0n) is 10.7. The van der Waals surface area contributed by atoms with Crippen LogP contribution in [0.25, 0.3) is 5.65 Å². The van der Waals surface area contributed by atoms with Gasteiger partial charge >= 0.3 is 0 Å². The van der Waals surface area contributed by atoms with Gasteiger partial charge in [0.25, 0.3) is 0 Å². The van der Waals surface area contributed by atoms with Crippen molar-refractivity contribution >= 4 is 11.6 Å². The second-order valence-electron chi connectivity index (χ2n) is 4.72. The topological polar surface area (TPSA) is 54.7 Å². The van der Waals surface area contributed by atoms with E-state index in [4.69, 9.17) is 4.74 Å². The molecule has 3 heterocycles. The highest BCUT2D eigenvalue weighted by atomic mass is 19.1. The molecule has 3 rings (SSSR count). The van der Waals surface area contributed by atoms with Gasteiger partial charge in [-0.15, -0.1) is 5.10 Å². The Morgan fingerprint density at radius 3 is 3.26 bits per heavy atom. The molecule has 0 saturated carbocycles. The second kappa shape index (κ2) is 5.10. The molecule has 1 aliphatic rings. The normalized spacial score (nSPS) is 20.8. The van der Waals surface area contributed by atoms with Gasteiger partial charge in [-0.1, -0.05) is 0 Å². The van der Waals surface area contributed by atoms with Crippen LogP contribution in [0.5, 0.6) is 0 Å². The molecule has 1 aliphatic heterocycles. The van der Waals surface area contributed by atoms with Gasteiger partial charge in [0, 0.05) is 19.6 Å². The summed E-state index contributed by atoms with van der Waals surface area (Å²) in [5.74, 6) is 0.156. The van der Waals surface area contributed by atoms with Crippen molar-refractivity contribution in [2.45, 2.75) is 6.10 Å². The lowest BCUT2D eigenvalue weighted by Gasteiger charge is -2.29. The number of hydrogen-bond acceptors (Lipinski definition) is 5. The number of nitrogens with zero attached hydrogens (tertiary/aromatic N) is 4. The standard InChI is InChI=1S/C12H16FN5O/c1-17-4-5-19-10(8-17)6-14-12-15-11-3-2-9(13)7-18(11)16-12/h2-3,7,10H,4-6,8H2,1H3,(H,14,16). The number of rotatable bonds is 3. The number of halogens is 1. The average Bonchev–Trinajstić information content (AvgIpc) is 2.78. The minimum absolute atomic E-state index is 0.127. The van der Waals surface area contributed by atoms with E-state index in [0.717, 1.165) is 19.7 Å². The van der Waals surface area contributed by atoms with Crippen LogP contribution in [0.2, 0.25) is 0 Å². The number of ether oxygens (including phenoxy) is 1. The fourth-order valence-corrected chi connectivity index (χ4v) is 2.13. The van der Waals surface area contributed by atoms with Gasteiger partial charge in [0.1, 0.15) is 5.82 Å². The molecule has 1 fully saturated rings. The maximum atomic E-state index is 13.0. The first-order valence-corrected chi connectivity index (χ1v) is 6.27. The fourth-order valence-electron chi connectivity index (χ4n) is 2.13. The summed E-state index contributed by atoms with van der Waals surface area (Å²) in [5.41, 5.74) is 0.616. The van der Waals surface area contributed by atoms with E-state index in [1.165, 1.54) is 16.8 Å². The largest absolute Gasteiger partial charge is 0.374 e. The summed E-state index contributed by atoms with van der Waals surface area (Å²) in [7, 11) is 2.07. The molecule has 0 amide bonds. The molecule has 1 N–H and O–H groups in total. The summed E-state index contributed by atoms with van der Waals surface area (Å²) in [6.07, 6.45) is 1.43. The lowest BCUT2D eigenvalue weighted by atomic mass is 10.3. The predicted octanol–water partition coefficient (Wildman–Crippen LogP) is 0.611. The molecule has 1 unspecified atom stereocenters. The highest BCUT2D eigenvalue weighted by molar-refractivity contribution is 5.43. The van der Waals surface area contributed by atoms with Gasteiger partial charge in [0.05, 0.1) is 18.9 Å². The Bertz CT molecular complexity index is 572. The molecular formula is C12H16FN5O. The van der Waals surface area contributed by atoms with Crippen LogP contribution in [0, 0.1) is 5.82 Å². The van der Waals surface area contributed by atoms with Crippen LogP contribution in [-0.2, 0) is 4.74 Å². The van der Waals surface area contributed by atoms with Crippen molar-refractivity contribution in [3.05, 3.63) is 24.1 Å². The van der Waals surface area contributed by atoms with Crippen molar-refractivity contribution in [1.29, 1.82) is 0 Å². The molecule has 102 valence electrons. The van der Waals surface area contributed by atoms with Crippen LogP contribution < -0.4 is 5.32 Å². The number of hydrogen-bond donors (Lipinski definition) is 1. The van der Waals surface area contributed by atoms with E-state index in [-0.39, 0.29) is 11.9 Å². The van der Waals surface area contributed by atoms with Crippen LogP contribution in [0.4, 0.5) is 10.3 Å². The van der Waals surface area contributed by atoms with E-state index in [1.54, 1.807) is 6.07 Å². The number of nitrogens with one attached hydrogen (secondary N) is 1. The smallest absolute Gasteiger partial charge is 0.243 e. The van der Waals surface area contributed by atoms with Crippen LogP contribution in [-0.4, -0.2) is 58.9 Å². The number of aromatic nitrogens is 3. The minimum atomic E-state index is -0.332. The van der Waals surface area contributed by atoms with Gasteiger partial charge in [-0.25, -0.2) is 8.91 Å². The van der Waals surface area contributed by atoms with Crippen molar-refractivity contribution in [1.82, 2.24) is 19.5 Å². The molecule has 0 aliphatic carbocycles. The first-order valence-electron chi connectivity index (χ1n) is 6.27. The van der Waals surface area contributed by atoms with Crippen LogP contribution in [0.1, 0.15) is 0 Å². The fraction of sp³-hybridized carbons (Fsp3) is 0.500. The third-order valence-electron chi connectivity index (χ3n) is 3.12. The van der Waals surface area contributed by atoms with E-state index < -0.39 is 0 Å². The highest BCUT2D eigenvalue weighted by Gasteiger charge is 2.17. The van der Waals surface area contributed by atoms with Crippen molar-refractivity contribution in [3.63, 3.8) is 0 Å². The lowest BCUT2D eigenvalue weighted by molar-refractivity contribution is -0.0117. The van der Waals surface area contributed by atoms with Gasteiger partial charge in [-0.2, -0.15) is 4.98 Å². The van der Waals surface area contributed by atoms with E-state index in [9.17, 15) is 4.39 Å². The van der Waals surface area contributed by atoms with Crippen molar-refractivity contribution in [2.24, 2.45) is 0 Å². The summed E-state index contributed by atoms with van der Waals surface area (Å²) >= 11 is 0. The maximum absolute atomic E-state index is 13.0. The van der Waals surface area contributed by atoms with E-state index in [1.807, 2.05) is 0 Å². The third-order valence-corrected chi connectivity index (χ3v) is 3.12. The Morgan fingerprint density at radius 2 is 2.42 bits per heavy atom.